The van der Waals surface area contributed by atoms with Crippen molar-refractivity contribution in [3.63, 3.8) is 0 Å². The van der Waals surface area contributed by atoms with Crippen LogP contribution in [0.2, 0.25) is 0 Å². The molecule has 4 N–H and O–H groups in total. The van der Waals surface area contributed by atoms with E-state index in [0.29, 0.717) is 10.2 Å². The van der Waals surface area contributed by atoms with Gasteiger partial charge in [-0.1, -0.05) is 6.92 Å². The quantitative estimate of drug-likeness (QED) is 0.216. The van der Waals surface area contributed by atoms with Crippen LogP contribution in [0.15, 0.2) is 10.2 Å². The molecule has 0 spiro atoms. The van der Waals surface area contributed by atoms with Crippen molar-refractivity contribution in [2.45, 2.75) is 20.8 Å². The van der Waals surface area contributed by atoms with Crippen LogP contribution in [0.4, 0.5) is 0 Å². The molecule has 160 valence electrons. The molecule has 1 heterocycles. The SMILES string of the molecule is CCN(C)CCNC(=S)N/N=C(C)\C(C)=N/NC(=S)NCCN1CCOCC1. The summed E-state index contributed by atoms with van der Waals surface area (Å²) in [5.41, 5.74) is 7.12. The van der Waals surface area contributed by atoms with Gasteiger partial charge >= 0.3 is 0 Å². The number of nitrogens with zero attached hydrogens (tertiary/aromatic N) is 4. The van der Waals surface area contributed by atoms with Crippen LogP contribution in [0.3, 0.4) is 0 Å². The molecule has 0 atom stereocenters. The van der Waals surface area contributed by atoms with Crippen LogP contribution in [-0.4, -0.2) is 97.5 Å². The first-order valence-corrected chi connectivity index (χ1v) is 10.4. The first kappa shape index (κ1) is 24.6. The molecule has 0 aliphatic carbocycles. The summed E-state index contributed by atoms with van der Waals surface area (Å²) in [6.07, 6.45) is 0. The molecule has 1 aliphatic rings. The number of thiocarbonyl (C=S) groups is 2. The molecule has 0 bridgehead atoms. The number of hydrogen-bond acceptors (Lipinski definition) is 7. The van der Waals surface area contributed by atoms with Gasteiger partial charge in [-0.2, -0.15) is 10.2 Å². The highest BCUT2D eigenvalue weighted by molar-refractivity contribution is 7.80. The van der Waals surface area contributed by atoms with E-state index in [2.05, 4.69) is 55.5 Å². The maximum atomic E-state index is 5.33. The van der Waals surface area contributed by atoms with Crippen molar-refractivity contribution in [1.29, 1.82) is 0 Å². The summed E-state index contributed by atoms with van der Waals surface area (Å²) in [5.74, 6) is 0. The maximum Gasteiger partial charge on any atom is 0.187 e. The molecule has 0 saturated carbocycles. The van der Waals surface area contributed by atoms with Gasteiger partial charge in [-0.25, -0.2) is 0 Å². The van der Waals surface area contributed by atoms with Gasteiger partial charge in [-0.3, -0.25) is 15.8 Å². The summed E-state index contributed by atoms with van der Waals surface area (Å²) in [7, 11) is 2.06. The summed E-state index contributed by atoms with van der Waals surface area (Å²) in [4.78, 5) is 4.54. The number of likely N-dealkylation sites (N-methyl/N-ethyl adjacent to an activating group) is 1. The van der Waals surface area contributed by atoms with E-state index in [1.165, 1.54) is 0 Å². The molecular formula is C17H34N8OS2. The van der Waals surface area contributed by atoms with E-state index in [-0.39, 0.29) is 0 Å². The molecule has 0 aromatic carbocycles. The molecule has 9 nitrogen and oxygen atoms in total. The van der Waals surface area contributed by atoms with Crippen LogP contribution >= 0.6 is 24.4 Å². The minimum absolute atomic E-state index is 0.491. The van der Waals surface area contributed by atoms with E-state index < -0.39 is 0 Å². The lowest BCUT2D eigenvalue weighted by molar-refractivity contribution is 0.0389. The molecule has 1 fully saturated rings. The van der Waals surface area contributed by atoms with Crippen LogP contribution in [0.25, 0.3) is 0 Å². The number of rotatable bonds is 10. The van der Waals surface area contributed by atoms with Crippen LogP contribution in [0, 0.1) is 0 Å². The molecule has 0 aromatic heterocycles. The van der Waals surface area contributed by atoms with Crippen molar-refractivity contribution in [1.82, 2.24) is 31.3 Å². The maximum absolute atomic E-state index is 5.33. The number of morpholine rings is 1. The normalized spacial score (nSPS) is 16.0. The Morgan fingerprint density at radius 3 is 2.07 bits per heavy atom. The Balaban J connectivity index is 2.23. The molecule has 1 rings (SSSR count). The minimum atomic E-state index is 0.491. The van der Waals surface area contributed by atoms with Crippen molar-refractivity contribution in [2.75, 3.05) is 66.1 Å². The Bertz CT molecular complexity index is 549. The Labute approximate surface area is 179 Å². The van der Waals surface area contributed by atoms with E-state index in [1.54, 1.807) is 0 Å². The second kappa shape index (κ2) is 14.6. The van der Waals surface area contributed by atoms with Gasteiger partial charge < -0.3 is 20.3 Å². The molecule has 0 aromatic rings. The van der Waals surface area contributed by atoms with Gasteiger partial charge in [0.15, 0.2) is 10.2 Å². The fourth-order valence-corrected chi connectivity index (χ4v) is 2.48. The largest absolute Gasteiger partial charge is 0.379 e. The minimum Gasteiger partial charge on any atom is -0.379 e. The third-order valence-electron chi connectivity index (χ3n) is 4.31. The number of ether oxygens (including phenoxy) is 1. The van der Waals surface area contributed by atoms with E-state index in [9.17, 15) is 0 Å². The lowest BCUT2D eigenvalue weighted by Crippen LogP contribution is -2.43. The average molecular weight is 431 g/mol. The van der Waals surface area contributed by atoms with Crippen LogP contribution in [0.1, 0.15) is 20.8 Å². The van der Waals surface area contributed by atoms with Gasteiger partial charge in [0.2, 0.25) is 0 Å². The van der Waals surface area contributed by atoms with E-state index in [4.69, 9.17) is 29.2 Å². The highest BCUT2D eigenvalue weighted by Gasteiger charge is 2.09. The lowest BCUT2D eigenvalue weighted by atomic mass is 10.3. The topological polar surface area (TPSA) is 88.5 Å². The number of hydrogen-bond donors (Lipinski definition) is 4. The Hall–Kier alpha value is -1.40. The zero-order valence-corrected chi connectivity index (χ0v) is 19.0. The summed E-state index contributed by atoms with van der Waals surface area (Å²) in [6.45, 7) is 13.7. The third-order valence-corrected chi connectivity index (χ3v) is 4.78. The molecule has 11 heteroatoms. The van der Waals surface area contributed by atoms with Crippen LogP contribution < -0.4 is 21.5 Å². The van der Waals surface area contributed by atoms with Crippen LogP contribution in [-0.2, 0) is 4.74 Å². The first-order chi connectivity index (χ1) is 13.4. The third kappa shape index (κ3) is 11.4. The highest BCUT2D eigenvalue weighted by Crippen LogP contribution is 1.94. The lowest BCUT2D eigenvalue weighted by Gasteiger charge is -2.26. The van der Waals surface area contributed by atoms with E-state index in [0.717, 1.165) is 70.5 Å². The van der Waals surface area contributed by atoms with Crippen molar-refractivity contribution in [3.8, 4) is 0 Å². The van der Waals surface area contributed by atoms with Crippen LogP contribution in [0.5, 0.6) is 0 Å². The Kier molecular flexibility index (Phi) is 12.8. The molecule has 0 unspecified atom stereocenters. The van der Waals surface area contributed by atoms with Gasteiger partial charge in [0.1, 0.15) is 0 Å². The van der Waals surface area contributed by atoms with Gasteiger partial charge in [0.25, 0.3) is 0 Å². The van der Waals surface area contributed by atoms with Crippen molar-refractivity contribution >= 4 is 46.1 Å². The summed E-state index contributed by atoms with van der Waals surface area (Å²) in [5, 5.41) is 15.7. The zero-order chi connectivity index (χ0) is 20.8. The molecule has 28 heavy (non-hydrogen) atoms. The van der Waals surface area contributed by atoms with Crippen molar-refractivity contribution < 1.29 is 4.74 Å². The summed E-state index contributed by atoms with van der Waals surface area (Å²) >= 11 is 10.5. The van der Waals surface area contributed by atoms with Gasteiger partial charge in [0, 0.05) is 39.3 Å². The summed E-state index contributed by atoms with van der Waals surface area (Å²) in [6, 6.07) is 0. The Morgan fingerprint density at radius 2 is 1.54 bits per heavy atom. The average Bonchev–Trinajstić information content (AvgIpc) is 2.70. The Morgan fingerprint density at radius 1 is 1.00 bits per heavy atom. The summed E-state index contributed by atoms with van der Waals surface area (Å²) < 4.78 is 5.33. The van der Waals surface area contributed by atoms with Crippen molar-refractivity contribution in [2.24, 2.45) is 10.2 Å². The van der Waals surface area contributed by atoms with Gasteiger partial charge in [-0.05, 0) is 51.9 Å². The second-order valence-corrected chi connectivity index (χ2v) is 7.30. The molecule has 0 radical (unpaired) electrons. The van der Waals surface area contributed by atoms with E-state index in [1.807, 2.05) is 13.8 Å². The van der Waals surface area contributed by atoms with E-state index >= 15 is 0 Å². The number of nitrogens with one attached hydrogen (secondary N) is 4. The number of hydrazone groups is 2. The van der Waals surface area contributed by atoms with Gasteiger partial charge in [-0.15, -0.1) is 0 Å². The predicted molar refractivity (Wildman–Crippen MR) is 124 cm³/mol. The first-order valence-electron chi connectivity index (χ1n) is 9.57. The molecular weight excluding hydrogens is 396 g/mol. The monoisotopic (exact) mass is 430 g/mol. The molecule has 0 amide bonds. The predicted octanol–water partition coefficient (Wildman–Crippen LogP) is -0.0497. The second-order valence-electron chi connectivity index (χ2n) is 6.48. The molecule has 1 aliphatic heterocycles. The zero-order valence-electron chi connectivity index (χ0n) is 17.4. The van der Waals surface area contributed by atoms with Gasteiger partial charge in [0.05, 0.1) is 24.6 Å². The smallest absolute Gasteiger partial charge is 0.187 e. The fraction of sp³-hybridized carbons (Fsp3) is 0.765. The standard InChI is InChI=1S/C17H34N8OS2/c1-5-24(4)8-6-18-16(27)22-20-14(2)15(3)21-23-17(28)19-7-9-25-10-12-26-13-11-25/h5-13H2,1-4H3,(H2,18,22,27)(H2,19,23,28)/b20-14-,21-15-. The fourth-order valence-electron chi connectivity index (χ4n) is 2.18. The highest BCUT2D eigenvalue weighted by atomic mass is 32.1. The van der Waals surface area contributed by atoms with Crippen molar-refractivity contribution in [3.05, 3.63) is 0 Å². The molecule has 1 saturated heterocycles.